The van der Waals surface area contributed by atoms with E-state index < -0.39 is 6.23 Å². The molecule has 0 saturated carbocycles. The van der Waals surface area contributed by atoms with Crippen LogP contribution in [0.15, 0.2) is 35.5 Å². The number of carbonyl (C=O) groups is 1. The van der Waals surface area contributed by atoms with E-state index in [1.165, 1.54) is 0 Å². The van der Waals surface area contributed by atoms with Gasteiger partial charge in [0.1, 0.15) is 12.0 Å². The van der Waals surface area contributed by atoms with Crippen LogP contribution >= 0.6 is 0 Å². The molecule has 2 atom stereocenters. The normalized spacial score (nSPS) is 23.2. The number of rotatable bonds is 7. The van der Waals surface area contributed by atoms with Crippen molar-refractivity contribution in [1.29, 1.82) is 0 Å². The Morgan fingerprint density at radius 3 is 2.68 bits per heavy atom. The minimum atomic E-state index is -0.670. The molecule has 0 bridgehead atoms. The number of ether oxygens (including phenoxy) is 1. The Kier molecular flexibility index (Phi) is 5.60. The van der Waals surface area contributed by atoms with E-state index in [0.29, 0.717) is 13.2 Å². The van der Waals surface area contributed by atoms with E-state index in [-0.39, 0.29) is 12.1 Å². The zero-order valence-electron chi connectivity index (χ0n) is 14.9. The molecule has 136 valence electrons. The number of hydrogen-bond acceptors (Lipinski definition) is 4. The van der Waals surface area contributed by atoms with Crippen LogP contribution in [0.5, 0.6) is 5.75 Å². The first-order chi connectivity index (χ1) is 12.1. The first-order valence-corrected chi connectivity index (χ1v) is 9.09. The topological polar surface area (TPSA) is 73.8 Å². The maximum atomic E-state index is 12.1. The predicted molar refractivity (Wildman–Crippen MR) is 96.2 cm³/mol. The third-order valence-electron chi connectivity index (χ3n) is 4.76. The average molecular weight is 345 g/mol. The summed E-state index contributed by atoms with van der Waals surface area (Å²) in [6.45, 7) is 6.13. The van der Waals surface area contributed by atoms with Crippen molar-refractivity contribution in [1.82, 2.24) is 15.5 Å². The van der Waals surface area contributed by atoms with Gasteiger partial charge in [0.05, 0.1) is 12.6 Å². The van der Waals surface area contributed by atoms with Crippen LogP contribution in [0.25, 0.3) is 0 Å². The molecule has 0 saturated heterocycles. The number of carbonyl (C=O) groups excluding carboxylic acids is 1. The summed E-state index contributed by atoms with van der Waals surface area (Å²) in [6, 6.07) is 7.14. The fourth-order valence-electron chi connectivity index (χ4n) is 3.50. The number of nitrogens with one attached hydrogen (secondary N) is 2. The average Bonchev–Trinajstić information content (AvgIpc) is 2.91. The number of aliphatic hydroxyl groups excluding tert-OH is 1. The molecule has 0 radical (unpaired) electrons. The number of aliphatic hydroxyl groups is 1. The van der Waals surface area contributed by atoms with Crippen molar-refractivity contribution in [2.75, 3.05) is 19.7 Å². The third-order valence-corrected chi connectivity index (χ3v) is 4.76. The summed E-state index contributed by atoms with van der Waals surface area (Å²) in [4.78, 5) is 14.1. The fourth-order valence-corrected chi connectivity index (χ4v) is 3.50. The van der Waals surface area contributed by atoms with Gasteiger partial charge in [0.25, 0.3) is 0 Å². The maximum absolute atomic E-state index is 12.1. The lowest BCUT2D eigenvalue weighted by Gasteiger charge is -2.29. The van der Waals surface area contributed by atoms with Gasteiger partial charge in [-0.15, -0.1) is 0 Å². The Labute approximate surface area is 148 Å². The van der Waals surface area contributed by atoms with Crippen LogP contribution in [0.1, 0.15) is 44.7 Å². The molecule has 0 aromatic heterocycles. The van der Waals surface area contributed by atoms with Crippen LogP contribution in [-0.4, -0.2) is 42.0 Å². The number of urea groups is 1. The molecular weight excluding hydrogens is 318 g/mol. The van der Waals surface area contributed by atoms with E-state index in [4.69, 9.17) is 4.74 Å². The zero-order valence-corrected chi connectivity index (χ0v) is 14.9. The molecule has 0 aliphatic carbocycles. The van der Waals surface area contributed by atoms with Gasteiger partial charge < -0.3 is 20.5 Å². The lowest BCUT2D eigenvalue weighted by molar-refractivity contribution is 0.0493. The molecule has 25 heavy (non-hydrogen) atoms. The number of benzene rings is 1. The smallest absolute Gasteiger partial charge is 0.319 e. The molecule has 0 fully saturated rings. The number of nitrogens with zero attached hydrogens (tertiary/aromatic N) is 1. The summed E-state index contributed by atoms with van der Waals surface area (Å²) in [5, 5.41) is 16.6. The second-order valence-corrected chi connectivity index (χ2v) is 6.52. The first kappa shape index (κ1) is 17.8. The van der Waals surface area contributed by atoms with E-state index in [9.17, 15) is 9.90 Å². The van der Waals surface area contributed by atoms with E-state index >= 15 is 0 Å². The van der Waals surface area contributed by atoms with Gasteiger partial charge in [0, 0.05) is 24.4 Å². The molecule has 6 nitrogen and oxygen atoms in total. The number of amides is 2. The summed E-state index contributed by atoms with van der Waals surface area (Å²) in [5.74, 6) is 0.800. The molecule has 3 N–H and O–H groups in total. The lowest BCUT2D eigenvalue weighted by Crippen LogP contribution is -2.44. The van der Waals surface area contributed by atoms with Crippen LogP contribution in [0, 0.1) is 0 Å². The fraction of sp³-hybridized carbons (Fsp3) is 0.526. The van der Waals surface area contributed by atoms with Crippen molar-refractivity contribution in [3.8, 4) is 5.75 Å². The highest BCUT2D eigenvalue weighted by molar-refractivity contribution is 5.79. The second-order valence-electron chi connectivity index (χ2n) is 6.52. The van der Waals surface area contributed by atoms with E-state index in [1.807, 2.05) is 36.1 Å². The molecule has 2 aliphatic rings. The number of unbranched alkanes of at least 4 members (excludes halogenated alkanes) is 2. The summed E-state index contributed by atoms with van der Waals surface area (Å²) in [6.07, 6.45) is 2.66. The standard InChI is InChI=1S/C19H27N3O3/c1-3-5-6-11-22-12-15-16(18(22)23)17(21-19(24)20-15)13-7-9-14(10-8-13)25-4-2/h7-10,17-18,23H,3-6,11-12H2,1-2H3,(H2,20,21,24). The molecule has 6 heteroatoms. The summed E-state index contributed by atoms with van der Waals surface area (Å²) in [7, 11) is 0. The third kappa shape index (κ3) is 3.80. The molecule has 1 aromatic carbocycles. The van der Waals surface area contributed by atoms with Crippen molar-refractivity contribution in [3.63, 3.8) is 0 Å². The monoisotopic (exact) mass is 345 g/mol. The zero-order chi connectivity index (χ0) is 17.8. The Hall–Kier alpha value is -2.05. The first-order valence-electron chi connectivity index (χ1n) is 9.09. The maximum Gasteiger partial charge on any atom is 0.319 e. The lowest BCUT2D eigenvalue weighted by atomic mass is 9.95. The molecule has 2 heterocycles. The summed E-state index contributed by atoms with van der Waals surface area (Å²) < 4.78 is 5.48. The van der Waals surface area contributed by atoms with Crippen molar-refractivity contribution >= 4 is 6.03 Å². The van der Waals surface area contributed by atoms with Gasteiger partial charge in [-0.3, -0.25) is 4.90 Å². The highest BCUT2D eigenvalue weighted by Gasteiger charge is 2.40. The predicted octanol–water partition coefficient (Wildman–Crippen LogP) is 2.52. The molecule has 3 rings (SSSR count). The van der Waals surface area contributed by atoms with Crippen molar-refractivity contribution in [2.45, 2.75) is 45.4 Å². The highest BCUT2D eigenvalue weighted by Crippen LogP contribution is 2.35. The van der Waals surface area contributed by atoms with Gasteiger partial charge >= 0.3 is 6.03 Å². The molecule has 2 amide bonds. The summed E-state index contributed by atoms with van der Waals surface area (Å²) >= 11 is 0. The summed E-state index contributed by atoms with van der Waals surface area (Å²) in [5.41, 5.74) is 2.62. The molecule has 0 spiro atoms. The Bertz CT molecular complexity index is 642. The molecular formula is C19H27N3O3. The van der Waals surface area contributed by atoms with Gasteiger partial charge in [0.15, 0.2) is 0 Å². The van der Waals surface area contributed by atoms with Crippen LogP contribution in [0.3, 0.4) is 0 Å². The van der Waals surface area contributed by atoms with Crippen LogP contribution in [-0.2, 0) is 0 Å². The quantitative estimate of drug-likeness (QED) is 0.664. The Balaban J connectivity index is 1.79. The van der Waals surface area contributed by atoms with Crippen molar-refractivity contribution < 1.29 is 14.6 Å². The second kappa shape index (κ2) is 7.89. The van der Waals surface area contributed by atoms with Crippen molar-refractivity contribution in [2.24, 2.45) is 0 Å². The van der Waals surface area contributed by atoms with Crippen LogP contribution in [0.2, 0.25) is 0 Å². The van der Waals surface area contributed by atoms with Gasteiger partial charge in [-0.1, -0.05) is 31.9 Å². The van der Waals surface area contributed by atoms with E-state index in [2.05, 4.69) is 17.6 Å². The SMILES string of the molecule is CCCCCN1CC2=C(C(c3ccc(OCC)cc3)NC(=O)N2)C1O. The van der Waals surface area contributed by atoms with E-state index in [0.717, 1.165) is 48.4 Å². The minimum Gasteiger partial charge on any atom is -0.494 e. The van der Waals surface area contributed by atoms with Crippen LogP contribution < -0.4 is 15.4 Å². The Morgan fingerprint density at radius 2 is 2.00 bits per heavy atom. The minimum absolute atomic E-state index is 0.222. The van der Waals surface area contributed by atoms with Crippen molar-refractivity contribution in [3.05, 3.63) is 41.1 Å². The van der Waals surface area contributed by atoms with Gasteiger partial charge in [0.2, 0.25) is 0 Å². The molecule has 2 aliphatic heterocycles. The largest absolute Gasteiger partial charge is 0.494 e. The molecule has 2 unspecified atom stereocenters. The van der Waals surface area contributed by atoms with Gasteiger partial charge in [-0.2, -0.15) is 0 Å². The van der Waals surface area contributed by atoms with E-state index in [1.54, 1.807) is 0 Å². The number of hydrogen-bond donors (Lipinski definition) is 3. The highest BCUT2D eigenvalue weighted by atomic mass is 16.5. The Morgan fingerprint density at radius 1 is 1.24 bits per heavy atom. The molecule has 1 aromatic rings. The van der Waals surface area contributed by atoms with Crippen LogP contribution in [0.4, 0.5) is 4.79 Å². The van der Waals surface area contributed by atoms with Gasteiger partial charge in [-0.25, -0.2) is 4.79 Å². The van der Waals surface area contributed by atoms with Gasteiger partial charge in [-0.05, 0) is 31.0 Å².